The molecule has 1 aromatic carbocycles. The molecule has 2 aromatic rings. The van der Waals surface area contributed by atoms with Gasteiger partial charge in [0, 0.05) is 16.3 Å². The minimum atomic E-state index is 0.199. The first-order chi connectivity index (χ1) is 10.2. The van der Waals surface area contributed by atoms with Gasteiger partial charge in [-0.2, -0.15) is 0 Å². The van der Waals surface area contributed by atoms with Crippen molar-refractivity contribution in [2.24, 2.45) is 17.8 Å². The lowest BCUT2D eigenvalue weighted by atomic mass is 9.85. The summed E-state index contributed by atoms with van der Waals surface area (Å²) < 4.78 is 0.828. The molecule has 3 atom stereocenters. The van der Waals surface area contributed by atoms with Crippen LogP contribution in [0.4, 0.5) is 0 Å². The molecule has 0 saturated heterocycles. The number of ketones is 1. The maximum Gasteiger partial charge on any atom is 0.182 e. The first kappa shape index (κ1) is 13.4. The molecule has 21 heavy (non-hydrogen) atoms. The maximum atomic E-state index is 12.6. The summed E-state index contributed by atoms with van der Waals surface area (Å²) >= 11 is 3.53. The van der Waals surface area contributed by atoms with Crippen molar-refractivity contribution in [3.8, 4) is 0 Å². The molecule has 2 saturated carbocycles. The van der Waals surface area contributed by atoms with Crippen LogP contribution in [-0.4, -0.2) is 10.8 Å². The van der Waals surface area contributed by atoms with Gasteiger partial charge in [-0.25, -0.2) is 4.98 Å². The van der Waals surface area contributed by atoms with Gasteiger partial charge in [0.2, 0.25) is 0 Å². The summed E-state index contributed by atoms with van der Waals surface area (Å²) in [6.07, 6.45) is 5.99. The van der Waals surface area contributed by atoms with E-state index in [0.29, 0.717) is 18.0 Å². The van der Waals surface area contributed by atoms with Crippen LogP contribution in [0.2, 0.25) is 0 Å². The first-order valence-electron chi connectivity index (χ1n) is 7.79. The number of benzene rings is 1. The quantitative estimate of drug-likeness (QED) is 0.733. The molecule has 2 aliphatic carbocycles. The predicted molar refractivity (Wildman–Crippen MR) is 87.3 cm³/mol. The fourth-order valence-corrected chi connectivity index (χ4v) is 4.80. The number of carbonyl (C=O) groups excluding carboxylic acids is 1. The molecule has 0 N–H and O–H groups in total. The second kappa shape index (κ2) is 5.20. The van der Waals surface area contributed by atoms with Crippen LogP contribution < -0.4 is 0 Å². The molecule has 2 bridgehead atoms. The number of hydrogen-bond donors (Lipinski definition) is 0. The monoisotopic (exact) mass is 343 g/mol. The molecule has 108 valence electrons. The number of pyridine rings is 1. The van der Waals surface area contributed by atoms with Gasteiger partial charge in [-0.3, -0.25) is 4.79 Å². The Kier molecular flexibility index (Phi) is 3.33. The van der Waals surface area contributed by atoms with Crippen LogP contribution in [0.15, 0.2) is 34.8 Å². The molecular formula is C18H18BrNO. The fraction of sp³-hybridized carbons (Fsp3) is 0.444. The summed E-state index contributed by atoms with van der Waals surface area (Å²) in [5.74, 6) is 2.47. The van der Waals surface area contributed by atoms with Gasteiger partial charge in [0.15, 0.2) is 5.78 Å². The van der Waals surface area contributed by atoms with Crippen LogP contribution in [0.1, 0.15) is 42.6 Å². The van der Waals surface area contributed by atoms with Crippen molar-refractivity contribution < 1.29 is 4.79 Å². The van der Waals surface area contributed by atoms with E-state index in [1.54, 1.807) is 0 Å². The van der Waals surface area contributed by atoms with E-state index in [-0.39, 0.29) is 5.78 Å². The minimum absolute atomic E-state index is 0.199. The lowest BCUT2D eigenvalue weighted by molar-refractivity contribution is 0.0939. The number of para-hydroxylation sites is 1. The Morgan fingerprint density at radius 2 is 2.10 bits per heavy atom. The van der Waals surface area contributed by atoms with Crippen molar-refractivity contribution in [1.82, 2.24) is 4.98 Å². The number of fused-ring (bicyclic) bond motifs is 3. The van der Waals surface area contributed by atoms with Gasteiger partial charge in [0.05, 0.1) is 5.52 Å². The number of carbonyl (C=O) groups is 1. The predicted octanol–water partition coefficient (Wildman–Crippen LogP) is 5.01. The number of aromatic nitrogens is 1. The molecule has 4 rings (SSSR count). The van der Waals surface area contributed by atoms with Gasteiger partial charge >= 0.3 is 0 Å². The van der Waals surface area contributed by atoms with Gasteiger partial charge in [-0.15, -0.1) is 0 Å². The molecule has 0 spiro atoms. The van der Waals surface area contributed by atoms with Crippen LogP contribution in [0.25, 0.3) is 10.9 Å². The molecule has 1 heterocycles. The van der Waals surface area contributed by atoms with E-state index in [4.69, 9.17) is 0 Å². The van der Waals surface area contributed by atoms with E-state index in [1.807, 2.05) is 30.3 Å². The summed E-state index contributed by atoms with van der Waals surface area (Å²) in [5.41, 5.74) is 1.51. The molecule has 3 unspecified atom stereocenters. The molecule has 3 heteroatoms. The fourth-order valence-electron chi connectivity index (χ4n) is 4.25. The van der Waals surface area contributed by atoms with E-state index >= 15 is 0 Å². The Morgan fingerprint density at radius 3 is 2.86 bits per heavy atom. The first-order valence-corrected chi connectivity index (χ1v) is 8.58. The van der Waals surface area contributed by atoms with Crippen LogP contribution in [0.3, 0.4) is 0 Å². The minimum Gasteiger partial charge on any atom is -0.292 e. The van der Waals surface area contributed by atoms with Crippen molar-refractivity contribution in [2.45, 2.75) is 32.1 Å². The van der Waals surface area contributed by atoms with Crippen LogP contribution >= 0.6 is 15.9 Å². The smallest absolute Gasteiger partial charge is 0.182 e. The average molecular weight is 344 g/mol. The van der Waals surface area contributed by atoms with Crippen molar-refractivity contribution in [3.05, 3.63) is 40.5 Å². The van der Waals surface area contributed by atoms with E-state index in [2.05, 4.69) is 20.9 Å². The van der Waals surface area contributed by atoms with Gasteiger partial charge in [-0.1, -0.05) is 24.6 Å². The summed E-state index contributed by atoms with van der Waals surface area (Å²) in [5, 5.41) is 1.07. The molecule has 0 aliphatic heterocycles. The van der Waals surface area contributed by atoms with Gasteiger partial charge < -0.3 is 0 Å². The third kappa shape index (κ3) is 2.42. The maximum absolute atomic E-state index is 12.6. The van der Waals surface area contributed by atoms with E-state index < -0.39 is 0 Å². The number of nitrogens with zero attached hydrogens (tertiary/aromatic N) is 1. The largest absolute Gasteiger partial charge is 0.292 e. The van der Waals surface area contributed by atoms with E-state index in [1.165, 1.54) is 25.7 Å². The third-order valence-electron chi connectivity index (χ3n) is 5.27. The molecule has 1 aromatic heterocycles. The Morgan fingerprint density at radius 1 is 1.24 bits per heavy atom. The number of Topliss-reactive ketones (excluding diaryl/α,β-unsaturated/α-hetero) is 1. The molecular weight excluding hydrogens is 326 g/mol. The highest BCUT2D eigenvalue weighted by Crippen LogP contribution is 2.49. The van der Waals surface area contributed by atoms with Crippen molar-refractivity contribution in [2.75, 3.05) is 0 Å². The molecule has 2 nitrogen and oxygen atoms in total. The molecule has 2 aliphatic rings. The lowest BCUT2D eigenvalue weighted by Crippen LogP contribution is -2.16. The summed E-state index contributed by atoms with van der Waals surface area (Å²) in [4.78, 5) is 17.2. The zero-order chi connectivity index (χ0) is 14.4. The molecule has 0 amide bonds. The zero-order valence-corrected chi connectivity index (χ0v) is 13.5. The van der Waals surface area contributed by atoms with Gasteiger partial charge in [0.1, 0.15) is 5.69 Å². The van der Waals surface area contributed by atoms with Gasteiger partial charge in [0.25, 0.3) is 0 Å². The summed E-state index contributed by atoms with van der Waals surface area (Å²) in [6.45, 7) is 0. The Hall–Kier alpha value is -1.22. The topological polar surface area (TPSA) is 30.0 Å². The standard InChI is InChI=1S/C18H18BrNO/c19-15-9-13-3-1-2-4-16(13)20-18(15)17(21)10-14-8-11-5-6-12(14)7-11/h1-4,9,11-12,14H,5-8,10H2. The highest BCUT2D eigenvalue weighted by atomic mass is 79.9. The third-order valence-corrected chi connectivity index (χ3v) is 5.88. The SMILES string of the molecule is O=C(CC1CC2CCC1C2)c1nc2ccccc2cc1Br. The van der Waals surface area contributed by atoms with E-state index in [0.717, 1.165) is 27.2 Å². The highest BCUT2D eigenvalue weighted by Gasteiger charge is 2.40. The van der Waals surface area contributed by atoms with Crippen molar-refractivity contribution >= 4 is 32.6 Å². The second-order valence-corrected chi connectivity index (χ2v) is 7.43. The van der Waals surface area contributed by atoms with Gasteiger partial charge in [-0.05, 0) is 65.1 Å². The number of hydrogen-bond acceptors (Lipinski definition) is 2. The summed E-state index contributed by atoms with van der Waals surface area (Å²) in [7, 11) is 0. The Bertz CT molecular complexity index is 711. The number of halogens is 1. The zero-order valence-electron chi connectivity index (χ0n) is 11.9. The second-order valence-electron chi connectivity index (χ2n) is 6.57. The molecule has 2 fully saturated rings. The van der Waals surface area contributed by atoms with Crippen molar-refractivity contribution in [1.29, 1.82) is 0 Å². The van der Waals surface area contributed by atoms with Crippen LogP contribution in [0, 0.1) is 17.8 Å². The Labute approximate surface area is 133 Å². The van der Waals surface area contributed by atoms with Crippen LogP contribution in [-0.2, 0) is 0 Å². The number of rotatable bonds is 3. The lowest BCUT2D eigenvalue weighted by Gasteiger charge is -2.20. The van der Waals surface area contributed by atoms with E-state index in [9.17, 15) is 4.79 Å². The highest BCUT2D eigenvalue weighted by molar-refractivity contribution is 9.10. The average Bonchev–Trinajstić information content (AvgIpc) is 3.09. The normalized spacial score (nSPS) is 27.4. The molecule has 0 radical (unpaired) electrons. The van der Waals surface area contributed by atoms with Crippen molar-refractivity contribution in [3.63, 3.8) is 0 Å². The summed E-state index contributed by atoms with van der Waals surface area (Å²) in [6, 6.07) is 9.96. The van der Waals surface area contributed by atoms with Crippen LogP contribution in [0.5, 0.6) is 0 Å². The Balaban J connectivity index is 1.60.